The summed E-state index contributed by atoms with van der Waals surface area (Å²) in [6.45, 7) is 2.25. The molecule has 0 aromatic heterocycles. The number of rotatable bonds is 5. The topological polar surface area (TPSA) is 85.4 Å². The zero-order chi connectivity index (χ0) is 18.7. The molecule has 0 unspecified atom stereocenters. The van der Waals surface area contributed by atoms with E-state index in [-0.39, 0.29) is 16.6 Å². The second kappa shape index (κ2) is 7.81. The predicted molar refractivity (Wildman–Crippen MR) is 93.9 cm³/mol. The minimum absolute atomic E-state index is 0.0148. The second-order valence-corrected chi connectivity index (χ2v) is 8.09. The van der Waals surface area contributed by atoms with Gasteiger partial charge >= 0.3 is 0 Å². The minimum Gasteiger partial charge on any atom is -0.497 e. The lowest BCUT2D eigenvalue weighted by atomic mass is 10.2. The van der Waals surface area contributed by atoms with Gasteiger partial charge < -0.3 is 19.1 Å². The number of ether oxygens (including phenoxy) is 3. The Balaban J connectivity index is 1.91. The molecule has 0 radical (unpaired) electrons. The average Bonchev–Trinajstić information content (AvgIpc) is 3.18. The van der Waals surface area contributed by atoms with Crippen molar-refractivity contribution in [2.24, 2.45) is 0 Å². The lowest BCUT2D eigenvalue weighted by Crippen LogP contribution is -2.51. The molecule has 2 aliphatic heterocycles. The first-order valence-corrected chi connectivity index (χ1v) is 10.0. The van der Waals surface area contributed by atoms with E-state index in [2.05, 4.69) is 0 Å². The maximum atomic E-state index is 13.3. The van der Waals surface area contributed by atoms with Crippen LogP contribution >= 0.6 is 0 Å². The fourth-order valence-electron chi connectivity index (χ4n) is 3.38. The summed E-state index contributed by atoms with van der Waals surface area (Å²) in [5, 5.41) is 0. The molecule has 1 amide bonds. The molecule has 1 atom stereocenters. The molecule has 0 N–H and O–H groups in total. The van der Waals surface area contributed by atoms with Crippen LogP contribution in [0.3, 0.4) is 0 Å². The quantitative estimate of drug-likeness (QED) is 0.744. The molecule has 2 fully saturated rings. The van der Waals surface area contributed by atoms with E-state index in [1.54, 1.807) is 17.0 Å². The zero-order valence-corrected chi connectivity index (χ0v) is 15.8. The van der Waals surface area contributed by atoms with Crippen molar-refractivity contribution < 1.29 is 27.4 Å². The molecule has 26 heavy (non-hydrogen) atoms. The van der Waals surface area contributed by atoms with Crippen molar-refractivity contribution in [3.63, 3.8) is 0 Å². The van der Waals surface area contributed by atoms with E-state index in [0.717, 1.165) is 0 Å². The summed E-state index contributed by atoms with van der Waals surface area (Å²) in [7, 11) is -1.01. The van der Waals surface area contributed by atoms with Gasteiger partial charge in [-0.2, -0.15) is 4.31 Å². The highest BCUT2D eigenvalue weighted by Gasteiger charge is 2.42. The van der Waals surface area contributed by atoms with Gasteiger partial charge in [0.1, 0.15) is 22.4 Å². The number of nitrogens with zero attached hydrogens (tertiary/aromatic N) is 2. The summed E-state index contributed by atoms with van der Waals surface area (Å²) >= 11 is 0. The van der Waals surface area contributed by atoms with Crippen molar-refractivity contribution in [2.75, 3.05) is 47.1 Å². The Morgan fingerprint density at radius 1 is 1.15 bits per heavy atom. The SMILES string of the molecule is COc1ccc(OC)c(S(=O)(=O)N2CCC[C@H]2C(=O)N2CCOCC2)c1. The van der Waals surface area contributed by atoms with Crippen LogP contribution in [-0.4, -0.2) is 76.6 Å². The van der Waals surface area contributed by atoms with E-state index >= 15 is 0 Å². The number of sulfonamides is 1. The molecule has 0 spiro atoms. The number of methoxy groups -OCH3 is 2. The summed E-state index contributed by atoms with van der Waals surface area (Å²) in [4.78, 5) is 14.6. The Labute approximate surface area is 153 Å². The van der Waals surface area contributed by atoms with Crippen molar-refractivity contribution in [3.8, 4) is 11.5 Å². The summed E-state index contributed by atoms with van der Waals surface area (Å²) < 4.78 is 43.5. The maximum Gasteiger partial charge on any atom is 0.247 e. The van der Waals surface area contributed by atoms with E-state index in [1.807, 2.05) is 0 Å². The summed E-state index contributed by atoms with van der Waals surface area (Å²) in [5.74, 6) is 0.492. The molecular weight excluding hydrogens is 360 g/mol. The van der Waals surface area contributed by atoms with Gasteiger partial charge in [0.2, 0.25) is 15.9 Å². The standard InChI is InChI=1S/C17H24N2O6S/c1-23-13-5-6-15(24-2)16(12-13)26(21,22)19-7-3-4-14(19)17(20)18-8-10-25-11-9-18/h5-6,12,14H,3-4,7-11H2,1-2H3/t14-/m0/s1. The van der Waals surface area contributed by atoms with Gasteiger partial charge in [0.05, 0.1) is 27.4 Å². The van der Waals surface area contributed by atoms with Gasteiger partial charge in [-0.05, 0) is 25.0 Å². The molecule has 0 aliphatic carbocycles. The van der Waals surface area contributed by atoms with Crippen molar-refractivity contribution in [1.82, 2.24) is 9.21 Å². The lowest BCUT2D eigenvalue weighted by molar-refractivity contribution is -0.138. The fraction of sp³-hybridized carbons (Fsp3) is 0.588. The highest BCUT2D eigenvalue weighted by atomic mass is 32.2. The van der Waals surface area contributed by atoms with Gasteiger partial charge in [-0.1, -0.05) is 0 Å². The highest BCUT2D eigenvalue weighted by Crippen LogP contribution is 2.34. The van der Waals surface area contributed by atoms with Crippen LogP contribution in [0.25, 0.3) is 0 Å². The number of hydrogen-bond donors (Lipinski definition) is 0. The molecule has 9 heteroatoms. The third-order valence-corrected chi connectivity index (χ3v) is 6.70. The summed E-state index contributed by atoms with van der Waals surface area (Å²) in [6, 6.07) is 3.94. The smallest absolute Gasteiger partial charge is 0.247 e. The van der Waals surface area contributed by atoms with Gasteiger partial charge in [-0.3, -0.25) is 4.79 Å². The minimum atomic E-state index is -3.90. The predicted octanol–water partition coefficient (Wildman–Crippen LogP) is 0.716. The Bertz CT molecular complexity index is 761. The van der Waals surface area contributed by atoms with Gasteiger partial charge in [0, 0.05) is 25.7 Å². The lowest BCUT2D eigenvalue weighted by Gasteiger charge is -2.32. The second-order valence-electron chi connectivity index (χ2n) is 6.23. The molecule has 1 aromatic rings. The van der Waals surface area contributed by atoms with Crippen LogP contribution in [0.5, 0.6) is 11.5 Å². The van der Waals surface area contributed by atoms with Gasteiger partial charge in [-0.25, -0.2) is 8.42 Å². The molecule has 0 bridgehead atoms. The number of morpholine rings is 1. The van der Waals surface area contributed by atoms with Crippen LogP contribution in [0.15, 0.2) is 23.1 Å². The maximum absolute atomic E-state index is 13.3. The van der Waals surface area contributed by atoms with Crippen LogP contribution in [-0.2, 0) is 19.6 Å². The zero-order valence-electron chi connectivity index (χ0n) is 15.0. The Morgan fingerprint density at radius 2 is 1.88 bits per heavy atom. The van der Waals surface area contributed by atoms with E-state index in [0.29, 0.717) is 51.4 Å². The Hall–Kier alpha value is -1.84. The summed E-state index contributed by atoms with van der Waals surface area (Å²) in [5.41, 5.74) is 0. The third-order valence-electron chi connectivity index (χ3n) is 4.77. The van der Waals surface area contributed by atoms with Crippen molar-refractivity contribution in [2.45, 2.75) is 23.8 Å². The first kappa shape index (κ1) is 18.9. The van der Waals surface area contributed by atoms with Crippen LogP contribution in [0, 0.1) is 0 Å². The number of carbonyl (C=O) groups excluding carboxylic acids is 1. The normalized spacial score (nSPS) is 21.6. The number of benzene rings is 1. The average molecular weight is 384 g/mol. The van der Waals surface area contributed by atoms with Crippen molar-refractivity contribution >= 4 is 15.9 Å². The Morgan fingerprint density at radius 3 is 2.54 bits per heavy atom. The third kappa shape index (κ3) is 3.51. The molecular formula is C17H24N2O6S. The first-order valence-electron chi connectivity index (χ1n) is 8.59. The van der Waals surface area contributed by atoms with Crippen LogP contribution in [0.1, 0.15) is 12.8 Å². The molecule has 2 heterocycles. The Kier molecular flexibility index (Phi) is 5.69. The highest BCUT2D eigenvalue weighted by molar-refractivity contribution is 7.89. The molecule has 1 aromatic carbocycles. The molecule has 144 valence electrons. The van der Waals surface area contributed by atoms with Gasteiger partial charge in [0.25, 0.3) is 0 Å². The first-order chi connectivity index (χ1) is 12.5. The summed E-state index contributed by atoms with van der Waals surface area (Å²) in [6.07, 6.45) is 1.16. The van der Waals surface area contributed by atoms with E-state index in [9.17, 15) is 13.2 Å². The monoisotopic (exact) mass is 384 g/mol. The van der Waals surface area contributed by atoms with Crippen LogP contribution in [0.2, 0.25) is 0 Å². The van der Waals surface area contributed by atoms with Crippen molar-refractivity contribution in [1.29, 1.82) is 0 Å². The van der Waals surface area contributed by atoms with Crippen molar-refractivity contribution in [3.05, 3.63) is 18.2 Å². The molecule has 3 rings (SSSR count). The molecule has 2 saturated heterocycles. The van der Waals surface area contributed by atoms with Gasteiger partial charge in [0.15, 0.2) is 0 Å². The van der Waals surface area contributed by atoms with E-state index < -0.39 is 16.1 Å². The number of carbonyl (C=O) groups is 1. The van der Waals surface area contributed by atoms with E-state index in [4.69, 9.17) is 14.2 Å². The van der Waals surface area contributed by atoms with Gasteiger partial charge in [-0.15, -0.1) is 0 Å². The van der Waals surface area contributed by atoms with Crippen LogP contribution < -0.4 is 9.47 Å². The van der Waals surface area contributed by atoms with Crippen LogP contribution in [0.4, 0.5) is 0 Å². The van der Waals surface area contributed by atoms with E-state index in [1.165, 1.54) is 24.6 Å². The largest absolute Gasteiger partial charge is 0.497 e. The molecule has 8 nitrogen and oxygen atoms in total. The molecule has 0 saturated carbocycles. The fourth-order valence-corrected chi connectivity index (χ4v) is 5.20. The number of hydrogen-bond acceptors (Lipinski definition) is 6. The number of amides is 1. The molecule has 2 aliphatic rings.